The van der Waals surface area contributed by atoms with Gasteiger partial charge in [0.2, 0.25) is 5.88 Å². The second-order valence-corrected chi connectivity index (χ2v) is 3.79. The lowest BCUT2D eigenvalue weighted by molar-refractivity contribution is -0.143. The Balaban J connectivity index is 2.95. The average Bonchev–Trinajstić information content (AvgIpc) is 2.35. The van der Waals surface area contributed by atoms with Crippen molar-refractivity contribution in [3.63, 3.8) is 0 Å². The summed E-state index contributed by atoms with van der Waals surface area (Å²) in [6.45, 7) is 1.62. The number of hydrogen-bond donors (Lipinski definition) is 1. The SMILES string of the molecule is COc1nccnc1C(C)(O)CC(OC)OC. The van der Waals surface area contributed by atoms with E-state index in [0.29, 0.717) is 11.6 Å². The highest BCUT2D eigenvalue weighted by Gasteiger charge is 2.32. The second-order valence-electron chi connectivity index (χ2n) is 3.79. The summed E-state index contributed by atoms with van der Waals surface area (Å²) in [5.41, 5.74) is -0.877. The standard InChI is InChI=1S/C11H18N2O4/c1-11(14,7-8(15-2)16-3)9-10(17-4)13-6-5-12-9/h5-6,8,14H,7H2,1-4H3. The van der Waals surface area contributed by atoms with Gasteiger partial charge in [-0.2, -0.15) is 0 Å². The zero-order valence-corrected chi connectivity index (χ0v) is 10.5. The van der Waals surface area contributed by atoms with Gasteiger partial charge in [-0.25, -0.2) is 4.98 Å². The van der Waals surface area contributed by atoms with E-state index in [0.717, 1.165) is 0 Å². The van der Waals surface area contributed by atoms with Crippen molar-refractivity contribution in [1.82, 2.24) is 9.97 Å². The van der Waals surface area contributed by atoms with Gasteiger partial charge in [-0.3, -0.25) is 4.98 Å². The van der Waals surface area contributed by atoms with Crippen molar-refractivity contribution in [2.75, 3.05) is 21.3 Å². The van der Waals surface area contributed by atoms with Crippen molar-refractivity contribution in [1.29, 1.82) is 0 Å². The van der Waals surface area contributed by atoms with E-state index in [1.807, 2.05) is 0 Å². The average molecular weight is 242 g/mol. The van der Waals surface area contributed by atoms with Gasteiger partial charge in [-0.05, 0) is 6.92 Å². The van der Waals surface area contributed by atoms with Gasteiger partial charge in [0.25, 0.3) is 0 Å². The van der Waals surface area contributed by atoms with Gasteiger partial charge in [0.05, 0.1) is 7.11 Å². The van der Waals surface area contributed by atoms with E-state index < -0.39 is 11.9 Å². The first-order valence-electron chi connectivity index (χ1n) is 5.18. The fraction of sp³-hybridized carbons (Fsp3) is 0.636. The third kappa shape index (κ3) is 3.36. The van der Waals surface area contributed by atoms with Crippen LogP contribution in [0.25, 0.3) is 0 Å². The molecule has 1 heterocycles. The molecule has 6 heteroatoms. The van der Waals surface area contributed by atoms with E-state index >= 15 is 0 Å². The molecule has 6 nitrogen and oxygen atoms in total. The van der Waals surface area contributed by atoms with Crippen LogP contribution in [0.1, 0.15) is 19.0 Å². The molecule has 96 valence electrons. The molecule has 0 aliphatic carbocycles. The van der Waals surface area contributed by atoms with Crippen LogP contribution in [-0.4, -0.2) is 42.7 Å². The van der Waals surface area contributed by atoms with Gasteiger partial charge in [0, 0.05) is 33.0 Å². The first-order valence-corrected chi connectivity index (χ1v) is 5.18. The number of ether oxygens (including phenoxy) is 3. The molecule has 0 aliphatic rings. The lowest BCUT2D eigenvalue weighted by atomic mass is 9.97. The molecule has 1 aromatic heterocycles. The van der Waals surface area contributed by atoms with Crippen LogP contribution in [0.5, 0.6) is 5.88 Å². The molecule has 0 bridgehead atoms. The van der Waals surface area contributed by atoms with E-state index in [4.69, 9.17) is 14.2 Å². The summed E-state index contributed by atoms with van der Waals surface area (Å²) in [6, 6.07) is 0. The van der Waals surface area contributed by atoms with Gasteiger partial charge in [-0.1, -0.05) is 0 Å². The molecule has 0 saturated carbocycles. The molecular formula is C11H18N2O4. The fourth-order valence-electron chi connectivity index (χ4n) is 1.53. The van der Waals surface area contributed by atoms with Gasteiger partial charge >= 0.3 is 0 Å². The van der Waals surface area contributed by atoms with Crippen LogP contribution in [0.15, 0.2) is 12.4 Å². The monoisotopic (exact) mass is 242 g/mol. The van der Waals surface area contributed by atoms with Gasteiger partial charge in [0.15, 0.2) is 6.29 Å². The Bertz CT molecular complexity index is 353. The maximum Gasteiger partial charge on any atom is 0.238 e. The minimum atomic E-state index is -1.24. The minimum absolute atomic E-state index is 0.231. The van der Waals surface area contributed by atoms with Crippen molar-refractivity contribution in [2.24, 2.45) is 0 Å². The number of hydrogen-bond acceptors (Lipinski definition) is 6. The van der Waals surface area contributed by atoms with E-state index in [2.05, 4.69) is 9.97 Å². The van der Waals surface area contributed by atoms with Gasteiger partial charge in [-0.15, -0.1) is 0 Å². The number of rotatable bonds is 6. The van der Waals surface area contributed by atoms with Crippen LogP contribution >= 0.6 is 0 Å². The molecule has 0 amide bonds. The maximum absolute atomic E-state index is 10.4. The molecule has 1 atom stereocenters. The molecule has 0 aromatic carbocycles. The van der Waals surface area contributed by atoms with Crippen molar-refractivity contribution in [2.45, 2.75) is 25.2 Å². The smallest absolute Gasteiger partial charge is 0.238 e. The summed E-state index contributed by atoms with van der Waals surface area (Å²) in [4.78, 5) is 8.09. The van der Waals surface area contributed by atoms with Crippen molar-refractivity contribution in [3.8, 4) is 5.88 Å². The van der Waals surface area contributed by atoms with Crippen LogP contribution in [0, 0.1) is 0 Å². The summed E-state index contributed by atoms with van der Waals surface area (Å²) in [7, 11) is 4.50. The Morgan fingerprint density at radius 1 is 1.24 bits per heavy atom. The third-order valence-electron chi connectivity index (χ3n) is 2.46. The normalized spacial score (nSPS) is 14.7. The van der Waals surface area contributed by atoms with Crippen molar-refractivity contribution in [3.05, 3.63) is 18.1 Å². The quantitative estimate of drug-likeness (QED) is 0.740. The summed E-state index contributed by atoms with van der Waals surface area (Å²) >= 11 is 0. The predicted octanol–water partition coefficient (Wildman–Crippen LogP) is 0.702. The lowest BCUT2D eigenvalue weighted by Crippen LogP contribution is -2.31. The van der Waals surface area contributed by atoms with Crippen LogP contribution < -0.4 is 4.74 Å². The molecule has 0 fully saturated rings. The third-order valence-corrected chi connectivity index (χ3v) is 2.46. The van der Waals surface area contributed by atoms with Crippen LogP contribution in [-0.2, 0) is 15.1 Å². The zero-order valence-electron chi connectivity index (χ0n) is 10.5. The highest BCUT2D eigenvalue weighted by atomic mass is 16.7. The molecule has 0 spiro atoms. The number of aliphatic hydroxyl groups is 1. The van der Waals surface area contributed by atoms with E-state index in [1.165, 1.54) is 33.7 Å². The summed E-state index contributed by atoms with van der Waals surface area (Å²) in [5, 5.41) is 10.4. The predicted molar refractivity (Wildman–Crippen MR) is 60.6 cm³/mol. The molecule has 1 unspecified atom stereocenters. The topological polar surface area (TPSA) is 73.7 Å². The molecule has 0 aliphatic heterocycles. The Hall–Kier alpha value is -1.24. The fourth-order valence-corrected chi connectivity index (χ4v) is 1.53. The maximum atomic E-state index is 10.4. The summed E-state index contributed by atoms with van der Waals surface area (Å²) in [6.07, 6.45) is 2.72. The number of aromatic nitrogens is 2. The molecule has 0 radical (unpaired) electrons. The Morgan fingerprint density at radius 2 is 1.82 bits per heavy atom. The first kappa shape index (κ1) is 13.8. The first-order chi connectivity index (χ1) is 8.05. The van der Waals surface area contributed by atoms with E-state index in [-0.39, 0.29) is 6.42 Å². The lowest BCUT2D eigenvalue weighted by Gasteiger charge is -2.27. The van der Waals surface area contributed by atoms with E-state index in [1.54, 1.807) is 6.92 Å². The molecule has 1 aromatic rings. The van der Waals surface area contributed by atoms with Crippen LogP contribution in [0.3, 0.4) is 0 Å². The van der Waals surface area contributed by atoms with Crippen LogP contribution in [0.2, 0.25) is 0 Å². The second kappa shape index (κ2) is 5.90. The Kier molecular flexibility index (Phi) is 4.80. The Labute approximate surface area is 101 Å². The van der Waals surface area contributed by atoms with Gasteiger partial charge in [0.1, 0.15) is 11.3 Å². The van der Waals surface area contributed by atoms with Crippen molar-refractivity contribution >= 4 is 0 Å². The largest absolute Gasteiger partial charge is 0.480 e. The molecule has 1 N–H and O–H groups in total. The highest BCUT2D eigenvalue weighted by molar-refractivity contribution is 5.23. The molecule has 1 rings (SSSR count). The molecular weight excluding hydrogens is 224 g/mol. The molecule has 0 saturated heterocycles. The summed E-state index contributed by atoms with van der Waals surface area (Å²) < 4.78 is 15.2. The number of methoxy groups -OCH3 is 3. The highest BCUT2D eigenvalue weighted by Crippen LogP contribution is 2.30. The minimum Gasteiger partial charge on any atom is -0.480 e. The number of nitrogens with zero attached hydrogens (tertiary/aromatic N) is 2. The van der Waals surface area contributed by atoms with Gasteiger partial charge < -0.3 is 19.3 Å². The van der Waals surface area contributed by atoms with Crippen molar-refractivity contribution < 1.29 is 19.3 Å². The van der Waals surface area contributed by atoms with E-state index in [9.17, 15) is 5.11 Å². The summed E-state index contributed by atoms with van der Waals surface area (Å²) in [5.74, 6) is 0.295. The molecule has 17 heavy (non-hydrogen) atoms. The zero-order chi connectivity index (χ0) is 12.9. The van der Waals surface area contributed by atoms with Crippen LogP contribution in [0.4, 0.5) is 0 Å². The Morgan fingerprint density at radius 3 is 2.35 bits per heavy atom.